The monoisotopic (exact) mass is 396 g/mol. The third-order valence-corrected chi connectivity index (χ3v) is 3.95. The summed E-state index contributed by atoms with van der Waals surface area (Å²) in [5.74, 6) is -3.02. The third kappa shape index (κ3) is 4.38. The van der Waals surface area contributed by atoms with Gasteiger partial charge in [-0.1, -0.05) is 6.07 Å². The van der Waals surface area contributed by atoms with Crippen LogP contribution in [0.5, 0.6) is 0 Å². The summed E-state index contributed by atoms with van der Waals surface area (Å²) < 4.78 is 27.1. The first-order valence-corrected chi connectivity index (χ1v) is 7.86. The van der Waals surface area contributed by atoms with Gasteiger partial charge in [0.1, 0.15) is 6.54 Å². The van der Waals surface area contributed by atoms with Crippen molar-refractivity contribution in [3.63, 3.8) is 0 Å². The van der Waals surface area contributed by atoms with E-state index in [1.54, 1.807) is 6.07 Å². The third-order valence-electron chi connectivity index (χ3n) is 3.30. The van der Waals surface area contributed by atoms with Crippen molar-refractivity contribution in [1.82, 2.24) is 0 Å². The molecule has 0 saturated carbocycles. The van der Waals surface area contributed by atoms with Crippen LogP contribution in [-0.4, -0.2) is 18.4 Å². The zero-order valence-electron chi connectivity index (χ0n) is 13.1. The van der Waals surface area contributed by atoms with Crippen LogP contribution >= 0.6 is 15.9 Å². The van der Waals surface area contributed by atoms with Gasteiger partial charge in [-0.2, -0.15) is 0 Å². The van der Waals surface area contributed by atoms with Crippen molar-refractivity contribution in [2.24, 2.45) is 0 Å². The van der Waals surface area contributed by atoms with E-state index in [1.165, 1.54) is 13.0 Å². The van der Waals surface area contributed by atoms with E-state index >= 15 is 0 Å². The van der Waals surface area contributed by atoms with Gasteiger partial charge in [0.25, 0.3) is 0 Å². The van der Waals surface area contributed by atoms with Crippen LogP contribution in [0.15, 0.2) is 40.9 Å². The zero-order valence-corrected chi connectivity index (χ0v) is 14.7. The molecule has 1 N–H and O–H groups in total. The minimum Gasteiger partial charge on any atom is -0.324 e. The Morgan fingerprint density at radius 3 is 2.42 bits per heavy atom. The summed E-state index contributed by atoms with van der Waals surface area (Å²) in [5.41, 5.74) is 1.69. The maximum absolute atomic E-state index is 13.4. The molecule has 0 saturated heterocycles. The van der Waals surface area contributed by atoms with Crippen molar-refractivity contribution < 1.29 is 18.4 Å². The van der Waals surface area contributed by atoms with Gasteiger partial charge in [-0.3, -0.25) is 9.59 Å². The van der Waals surface area contributed by atoms with E-state index in [4.69, 9.17) is 0 Å². The molecule has 24 heavy (non-hydrogen) atoms. The van der Waals surface area contributed by atoms with E-state index in [-0.39, 0.29) is 12.2 Å². The van der Waals surface area contributed by atoms with Crippen LogP contribution in [0.25, 0.3) is 0 Å². The fourth-order valence-corrected chi connectivity index (χ4v) is 2.68. The summed E-state index contributed by atoms with van der Waals surface area (Å²) in [6, 6.07) is 8.44. The molecular weight excluding hydrogens is 382 g/mol. The number of halogens is 3. The smallest absolute Gasteiger partial charge is 0.244 e. The van der Waals surface area contributed by atoms with E-state index in [0.29, 0.717) is 10.2 Å². The first-order chi connectivity index (χ1) is 11.3. The predicted octanol–water partition coefficient (Wildman–Crippen LogP) is 4.03. The summed E-state index contributed by atoms with van der Waals surface area (Å²) in [5, 5.41) is 2.67. The number of carbonyl (C=O) groups excluding carboxylic acids is 2. The van der Waals surface area contributed by atoms with E-state index < -0.39 is 23.4 Å². The lowest BCUT2D eigenvalue weighted by Crippen LogP contribution is -2.36. The Bertz CT molecular complexity index is 796. The van der Waals surface area contributed by atoms with Crippen LogP contribution in [0.4, 0.5) is 20.2 Å². The highest BCUT2D eigenvalue weighted by Crippen LogP contribution is 2.24. The molecule has 2 aromatic carbocycles. The molecule has 0 aliphatic rings. The number of amides is 2. The lowest BCUT2D eigenvalue weighted by atomic mass is 10.2. The summed E-state index contributed by atoms with van der Waals surface area (Å²) in [7, 11) is 0. The number of carbonyl (C=O) groups is 2. The minimum atomic E-state index is -1.08. The molecule has 0 fully saturated rings. The molecule has 2 rings (SSSR count). The van der Waals surface area contributed by atoms with Crippen LogP contribution in [0.2, 0.25) is 0 Å². The number of benzene rings is 2. The number of aryl methyl sites for hydroxylation is 1. The van der Waals surface area contributed by atoms with Crippen LogP contribution in [0, 0.1) is 18.6 Å². The maximum atomic E-state index is 13.4. The van der Waals surface area contributed by atoms with E-state index in [0.717, 1.165) is 22.6 Å². The van der Waals surface area contributed by atoms with Crippen molar-refractivity contribution in [3.8, 4) is 0 Å². The van der Waals surface area contributed by atoms with E-state index in [9.17, 15) is 18.4 Å². The van der Waals surface area contributed by atoms with Gasteiger partial charge in [-0.05, 0) is 52.7 Å². The summed E-state index contributed by atoms with van der Waals surface area (Å²) in [6.45, 7) is 2.84. The second-order valence-electron chi connectivity index (χ2n) is 5.24. The fourth-order valence-electron chi connectivity index (χ4n) is 2.09. The van der Waals surface area contributed by atoms with Crippen molar-refractivity contribution in [3.05, 3.63) is 58.1 Å². The molecule has 0 bridgehead atoms. The molecule has 4 nitrogen and oxygen atoms in total. The zero-order chi connectivity index (χ0) is 17.9. The number of anilines is 2. The SMILES string of the molecule is CC(=O)N(CC(=O)Nc1ccc(C)cc1Br)c1ccc(F)c(F)c1. The van der Waals surface area contributed by atoms with Gasteiger partial charge in [-0.15, -0.1) is 0 Å². The highest BCUT2D eigenvalue weighted by Gasteiger charge is 2.18. The van der Waals surface area contributed by atoms with Crippen LogP contribution in [0.3, 0.4) is 0 Å². The van der Waals surface area contributed by atoms with Crippen molar-refractivity contribution in [2.45, 2.75) is 13.8 Å². The largest absolute Gasteiger partial charge is 0.324 e. The standard InChI is InChI=1S/C17H15BrF2N2O2/c1-10-3-6-16(13(18)7-10)21-17(24)9-22(11(2)23)12-4-5-14(19)15(20)8-12/h3-8H,9H2,1-2H3,(H,21,24). The molecule has 0 atom stereocenters. The van der Waals surface area contributed by atoms with Crippen LogP contribution in [0.1, 0.15) is 12.5 Å². The molecule has 7 heteroatoms. The quantitative estimate of drug-likeness (QED) is 0.847. The van der Waals surface area contributed by atoms with E-state index in [1.807, 2.05) is 19.1 Å². The summed E-state index contributed by atoms with van der Waals surface area (Å²) >= 11 is 3.35. The topological polar surface area (TPSA) is 49.4 Å². The summed E-state index contributed by atoms with van der Waals surface area (Å²) in [4.78, 5) is 25.0. The highest BCUT2D eigenvalue weighted by atomic mass is 79.9. The molecule has 0 aromatic heterocycles. The molecule has 0 aliphatic carbocycles. The van der Waals surface area contributed by atoms with Gasteiger partial charge in [0, 0.05) is 23.2 Å². The number of rotatable bonds is 4. The number of hydrogen-bond acceptors (Lipinski definition) is 2. The Morgan fingerprint density at radius 1 is 1.12 bits per heavy atom. The lowest BCUT2D eigenvalue weighted by molar-refractivity contribution is -0.120. The first kappa shape index (κ1) is 18.1. The Labute approximate surface area is 146 Å². The number of nitrogens with one attached hydrogen (secondary N) is 1. The second-order valence-corrected chi connectivity index (χ2v) is 6.09. The van der Waals surface area contributed by atoms with Gasteiger partial charge in [0.2, 0.25) is 11.8 Å². The highest BCUT2D eigenvalue weighted by molar-refractivity contribution is 9.10. The second kappa shape index (κ2) is 7.53. The van der Waals surface area contributed by atoms with E-state index in [2.05, 4.69) is 21.2 Å². The first-order valence-electron chi connectivity index (χ1n) is 7.07. The van der Waals surface area contributed by atoms with Crippen molar-refractivity contribution in [2.75, 3.05) is 16.8 Å². The molecule has 0 aliphatic heterocycles. The molecule has 2 aromatic rings. The Balaban J connectivity index is 2.16. The Kier molecular flexibility index (Phi) is 5.66. The minimum absolute atomic E-state index is 0.111. The van der Waals surface area contributed by atoms with Crippen LogP contribution in [-0.2, 0) is 9.59 Å². The van der Waals surface area contributed by atoms with Gasteiger partial charge in [-0.25, -0.2) is 8.78 Å². The Morgan fingerprint density at radius 2 is 1.83 bits per heavy atom. The molecular formula is C17H15BrF2N2O2. The molecule has 0 radical (unpaired) electrons. The van der Waals surface area contributed by atoms with Gasteiger partial charge < -0.3 is 10.2 Å². The van der Waals surface area contributed by atoms with Gasteiger partial charge in [0.15, 0.2) is 11.6 Å². The molecule has 126 valence electrons. The molecule has 0 unspecified atom stereocenters. The molecule has 0 spiro atoms. The molecule has 2 amide bonds. The number of hydrogen-bond donors (Lipinski definition) is 1. The normalized spacial score (nSPS) is 10.4. The molecule has 0 heterocycles. The number of nitrogens with zero attached hydrogens (tertiary/aromatic N) is 1. The average Bonchev–Trinajstić information content (AvgIpc) is 2.50. The summed E-state index contributed by atoms with van der Waals surface area (Å²) in [6.07, 6.45) is 0. The maximum Gasteiger partial charge on any atom is 0.244 e. The Hall–Kier alpha value is -2.28. The van der Waals surface area contributed by atoms with Gasteiger partial charge >= 0.3 is 0 Å². The van der Waals surface area contributed by atoms with Gasteiger partial charge in [0.05, 0.1) is 5.69 Å². The average molecular weight is 397 g/mol. The van der Waals surface area contributed by atoms with Crippen molar-refractivity contribution in [1.29, 1.82) is 0 Å². The fraction of sp³-hybridized carbons (Fsp3) is 0.176. The van der Waals surface area contributed by atoms with Crippen molar-refractivity contribution >= 4 is 39.1 Å². The lowest BCUT2D eigenvalue weighted by Gasteiger charge is -2.21. The predicted molar refractivity (Wildman–Crippen MR) is 91.9 cm³/mol. The van der Waals surface area contributed by atoms with Crippen LogP contribution < -0.4 is 10.2 Å².